The largest absolute Gasteiger partial charge is 0.371 e. The summed E-state index contributed by atoms with van der Waals surface area (Å²) in [6.07, 6.45) is 5.94. The van der Waals surface area contributed by atoms with Gasteiger partial charge >= 0.3 is 0 Å². The van der Waals surface area contributed by atoms with Crippen LogP contribution in [0.1, 0.15) is 43.2 Å². The van der Waals surface area contributed by atoms with Gasteiger partial charge in [-0.2, -0.15) is 5.26 Å². The van der Waals surface area contributed by atoms with Crippen LogP contribution < -0.4 is 10.6 Å². The van der Waals surface area contributed by atoms with Crippen LogP contribution in [0.2, 0.25) is 0 Å². The molecular weight excluding hydrogens is 308 g/mol. The summed E-state index contributed by atoms with van der Waals surface area (Å²) in [5, 5.41) is 16.4. The van der Waals surface area contributed by atoms with Crippen LogP contribution in [0.15, 0.2) is 53.5 Å². The normalized spacial score (nSPS) is 19.6. The number of amidine groups is 1. The Balaban J connectivity index is 1.66. The lowest BCUT2D eigenvalue weighted by Gasteiger charge is -2.44. The van der Waals surface area contributed by atoms with Crippen molar-refractivity contribution in [2.24, 2.45) is 4.99 Å². The van der Waals surface area contributed by atoms with Crippen molar-refractivity contribution in [2.75, 3.05) is 10.6 Å². The highest BCUT2D eigenvalue weighted by Gasteiger charge is 2.40. The Kier molecular flexibility index (Phi) is 4.15. The number of nitrogens with one attached hydrogen (secondary N) is 2. The lowest BCUT2D eigenvalue weighted by molar-refractivity contribution is 0.403. The van der Waals surface area contributed by atoms with Crippen LogP contribution in [-0.2, 0) is 6.54 Å². The summed E-state index contributed by atoms with van der Waals surface area (Å²) in [5.41, 5.74) is 3.92. The molecule has 1 aliphatic heterocycles. The van der Waals surface area contributed by atoms with E-state index in [0.29, 0.717) is 12.1 Å². The maximum atomic E-state index is 9.08. The SMILES string of the molecule is N#Cc1cccc(CN=C2Nc3ccccc3NC23CCCCC3)c1. The van der Waals surface area contributed by atoms with E-state index in [4.69, 9.17) is 10.3 Å². The van der Waals surface area contributed by atoms with Gasteiger partial charge < -0.3 is 10.6 Å². The molecule has 0 radical (unpaired) electrons. The summed E-state index contributed by atoms with van der Waals surface area (Å²) in [4.78, 5) is 4.94. The van der Waals surface area contributed by atoms with Crippen LogP contribution >= 0.6 is 0 Å². The third-order valence-corrected chi connectivity index (χ3v) is 5.19. The van der Waals surface area contributed by atoms with Crippen molar-refractivity contribution in [1.82, 2.24) is 0 Å². The summed E-state index contributed by atoms with van der Waals surface area (Å²) < 4.78 is 0. The van der Waals surface area contributed by atoms with Gasteiger partial charge in [-0.05, 0) is 42.7 Å². The van der Waals surface area contributed by atoms with Gasteiger partial charge in [0, 0.05) is 0 Å². The van der Waals surface area contributed by atoms with Gasteiger partial charge in [0.05, 0.1) is 35.1 Å². The smallest absolute Gasteiger partial charge is 0.127 e. The average molecular weight is 330 g/mol. The Labute approximate surface area is 148 Å². The minimum absolute atomic E-state index is 0.0839. The molecule has 2 aromatic rings. The minimum Gasteiger partial charge on any atom is -0.371 e. The Morgan fingerprint density at radius 3 is 2.60 bits per heavy atom. The fraction of sp³-hybridized carbons (Fsp3) is 0.333. The summed E-state index contributed by atoms with van der Waals surface area (Å²) in [6, 6.07) is 18.2. The summed E-state index contributed by atoms with van der Waals surface area (Å²) >= 11 is 0. The highest BCUT2D eigenvalue weighted by molar-refractivity contribution is 6.09. The highest BCUT2D eigenvalue weighted by atomic mass is 15.2. The van der Waals surface area contributed by atoms with E-state index in [1.54, 1.807) is 0 Å². The molecule has 126 valence electrons. The van der Waals surface area contributed by atoms with Gasteiger partial charge in [-0.15, -0.1) is 0 Å². The fourth-order valence-electron chi connectivity index (χ4n) is 3.88. The van der Waals surface area contributed by atoms with Gasteiger partial charge in [-0.1, -0.05) is 43.5 Å². The maximum absolute atomic E-state index is 9.08. The van der Waals surface area contributed by atoms with E-state index in [1.165, 1.54) is 19.3 Å². The van der Waals surface area contributed by atoms with Gasteiger partial charge in [-0.3, -0.25) is 4.99 Å². The molecule has 25 heavy (non-hydrogen) atoms. The molecule has 0 unspecified atom stereocenters. The third-order valence-electron chi connectivity index (χ3n) is 5.19. The second kappa shape index (κ2) is 6.60. The van der Waals surface area contributed by atoms with Gasteiger partial charge in [0.25, 0.3) is 0 Å². The molecule has 0 amide bonds. The van der Waals surface area contributed by atoms with Crippen LogP contribution in [0.4, 0.5) is 11.4 Å². The minimum atomic E-state index is -0.0839. The maximum Gasteiger partial charge on any atom is 0.127 e. The fourth-order valence-corrected chi connectivity index (χ4v) is 3.88. The van der Waals surface area contributed by atoms with Crippen molar-refractivity contribution in [1.29, 1.82) is 5.26 Å². The van der Waals surface area contributed by atoms with Crippen LogP contribution in [0.5, 0.6) is 0 Å². The molecule has 4 nitrogen and oxygen atoms in total. The molecule has 1 saturated carbocycles. The number of fused-ring (bicyclic) bond motifs is 1. The topological polar surface area (TPSA) is 60.2 Å². The second-order valence-corrected chi connectivity index (χ2v) is 6.92. The number of nitrogens with zero attached hydrogens (tertiary/aromatic N) is 2. The molecule has 1 aliphatic carbocycles. The Morgan fingerprint density at radius 2 is 1.80 bits per heavy atom. The van der Waals surface area contributed by atoms with Crippen molar-refractivity contribution in [2.45, 2.75) is 44.2 Å². The van der Waals surface area contributed by atoms with Gasteiger partial charge in [0.1, 0.15) is 5.84 Å². The zero-order valence-corrected chi connectivity index (χ0v) is 14.3. The third kappa shape index (κ3) is 3.10. The Hall–Kier alpha value is -2.80. The molecule has 0 atom stereocenters. The molecule has 0 aromatic heterocycles. The van der Waals surface area contributed by atoms with E-state index in [1.807, 2.05) is 30.3 Å². The summed E-state index contributed by atoms with van der Waals surface area (Å²) in [6.45, 7) is 0.587. The van der Waals surface area contributed by atoms with Crippen molar-refractivity contribution in [3.63, 3.8) is 0 Å². The molecule has 1 heterocycles. The average Bonchev–Trinajstić information content (AvgIpc) is 2.67. The molecule has 2 N–H and O–H groups in total. The number of hydrogen-bond acceptors (Lipinski definition) is 3. The van der Waals surface area contributed by atoms with Gasteiger partial charge in [-0.25, -0.2) is 0 Å². The van der Waals surface area contributed by atoms with E-state index < -0.39 is 0 Å². The molecule has 2 aliphatic rings. The zero-order valence-electron chi connectivity index (χ0n) is 14.3. The second-order valence-electron chi connectivity index (χ2n) is 6.92. The highest BCUT2D eigenvalue weighted by Crippen LogP contribution is 2.39. The van der Waals surface area contributed by atoms with E-state index in [-0.39, 0.29) is 5.54 Å². The number of para-hydroxylation sites is 2. The summed E-state index contributed by atoms with van der Waals surface area (Å²) in [7, 11) is 0. The van der Waals surface area contributed by atoms with E-state index in [9.17, 15) is 0 Å². The molecule has 0 saturated heterocycles. The van der Waals surface area contributed by atoms with Gasteiger partial charge in [0.15, 0.2) is 0 Å². The summed E-state index contributed by atoms with van der Waals surface area (Å²) in [5.74, 6) is 1.04. The van der Waals surface area contributed by atoms with Crippen LogP contribution in [-0.4, -0.2) is 11.4 Å². The number of rotatable bonds is 2. The van der Waals surface area contributed by atoms with Crippen molar-refractivity contribution >= 4 is 17.2 Å². The molecule has 1 spiro atoms. The zero-order chi connectivity index (χ0) is 17.1. The van der Waals surface area contributed by atoms with Crippen LogP contribution in [0.25, 0.3) is 0 Å². The molecule has 2 aromatic carbocycles. The van der Waals surface area contributed by atoms with E-state index in [0.717, 1.165) is 35.6 Å². The monoisotopic (exact) mass is 330 g/mol. The number of aliphatic imine (C=N–C) groups is 1. The first-order valence-electron chi connectivity index (χ1n) is 8.97. The molecule has 1 fully saturated rings. The van der Waals surface area contributed by atoms with Crippen LogP contribution in [0.3, 0.4) is 0 Å². The Morgan fingerprint density at radius 1 is 1.00 bits per heavy atom. The lowest BCUT2D eigenvalue weighted by Crippen LogP contribution is -2.53. The number of anilines is 2. The first-order chi connectivity index (χ1) is 12.3. The quantitative estimate of drug-likeness (QED) is 0.839. The predicted octanol–water partition coefficient (Wildman–Crippen LogP) is 4.70. The van der Waals surface area contributed by atoms with Crippen LogP contribution in [0, 0.1) is 11.3 Å². The standard InChI is InChI=1S/C21H22N4/c22-14-16-7-6-8-17(13-16)15-23-20-21(11-4-1-5-12-21)25-19-10-3-2-9-18(19)24-20/h2-3,6-10,13,25H,1,4-5,11-12,15H2,(H,23,24). The van der Waals surface area contributed by atoms with Crippen molar-refractivity contribution < 1.29 is 0 Å². The van der Waals surface area contributed by atoms with Gasteiger partial charge in [0.2, 0.25) is 0 Å². The molecular formula is C21H22N4. The van der Waals surface area contributed by atoms with Crippen molar-refractivity contribution in [3.05, 3.63) is 59.7 Å². The number of nitriles is 1. The lowest BCUT2D eigenvalue weighted by atomic mass is 9.79. The number of benzene rings is 2. The predicted molar refractivity (Wildman–Crippen MR) is 102 cm³/mol. The number of hydrogen-bond donors (Lipinski definition) is 2. The molecule has 0 bridgehead atoms. The van der Waals surface area contributed by atoms with E-state index >= 15 is 0 Å². The molecule has 4 heteroatoms. The first kappa shape index (κ1) is 15.7. The van der Waals surface area contributed by atoms with Crippen molar-refractivity contribution in [3.8, 4) is 6.07 Å². The first-order valence-corrected chi connectivity index (χ1v) is 8.97. The van der Waals surface area contributed by atoms with E-state index in [2.05, 4.69) is 34.9 Å². The Bertz CT molecular complexity index is 841. The molecule has 4 rings (SSSR count).